The Morgan fingerprint density at radius 3 is 2.17 bits per heavy atom. The van der Waals surface area contributed by atoms with Crippen molar-refractivity contribution in [2.75, 3.05) is 18.4 Å². The van der Waals surface area contributed by atoms with E-state index in [1.807, 2.05) is 13.8 Å². The van der Waals surface area contributed by atoms with E-state index in [1.165, 1.54) is 0 Å². The van der Waals surface area contributed by atoms with E-state index in [0.717, 1.165) is 0 Å². The van der Waals surface area contributed by atoms with Crippen LogP contribution in [0.2, 0.25) is 5.02 Å². The Morgan fingerprint density at radius 1 is 1.00 bits per heavy atom. The fourth-order valence-corrected chi connectivity index (χ4v) is 2.45. The number of rotatable bonds is 5. The van der Waals surface area contributed by atoms with Crippen molar-refractivity contribution >= 4 is 29.1 Å². The molecule has 1 N–H and O–H groups in total. The Balaban J connectivity index is 2.10. The van der Waals surface area contributed by atoms with Crippen LogP contribution in [0, 0.1) is 0 Å². The minimum Gasteiger partial charge on any atom is -0.339 e. The van der Waals surface area contributed by atoms with E-state index in [-0.39, 0.29) is 11.8 Å². The number of amides is 2. The van der Waals surface area contributed by atoms with Gasteiger partial charge in [-0.2, -0.15) is 0 Å². The van der Waals surface area contributed by atoms with E-state index in [4.69, 9.17) is 11.6 Å². The smallest absolute Gasteiger partial charge is 0.257 e. The molecule has 0 aromatic heterocycles. The van der Waals surface area contributed by atoms with Crippen molar-refractivity contribution in [3.05, 3.63) is 64.7 Å². The number of halogens is 1. The summed E-state index contributed by atoms with van der Waals surface area (Å²) in [6.45, 7) is 5.22. The highest BCUT2D eigenvalue weighted by molar-refractivity contribution is 6.34. The summed E-state index contributed by atoms with van der Waals surface area (Å²) in [5.41, 5.74) is 1.63. The number of nitrogens with one attached hydrogen (secondary N) is 1. The molecule has 0 aliphatic heterocycles. The molecule has 0 saturated carbocycles. The Kier molecular flexibility index (Phi) is 5.77. The monoisotopic (exact) mass is 330 g/mol. The molecule has 0 aliphatic rings. The number of carbonyl (C=O) groups excluding carboxylic acids is 2. The molecule has 23 heavy (non-hydrogen) atoms. The SMILES string of the molecule is CCN(CC)C(=O)c1ccc(NC(=O)c2ccccc2Cl)cc1. The number of nitrogens with zero attached hydrogens (tertiary/aromatic N) is 1. The largest absolute Gasteiger partial charge is 0.339 e. The second-order valence-electron chi connectivity index (χ2n) is 4.99. The molecular formula is C18H19ClN2O2. The molecular weight excluding hydrogens is 312 g/mol. The van der Waals surface area contributed by atoms with Crippen LogP contribution in [0.25, 0.3) is 0 Å². The Hall–Kier alpha value is -2.33. The van der Waals surface area contributed by atoms with Crippen molar-refractivity contribution in [2.24, 2.45) is 0 Å². The Morgan fingerprint density at radius 2 is 1.61 bits per heavy atom. The van der Waals surface area contributed by atoms with E-state index in [0.29, 0.717) is 34.9 Å². The Labute approximate surface area is 141 Å². The van der Waals surface area contributed by atoms with Gasteiger partial charge in [-0.25, -0.2) is 0 Å². The molecule has 0 spiro atoms. The number of benzene rings is 2. The van der Waals surface area contributed by atoms with Gasteiger partial charge in [-0.05, 0) is 50.2 Å². The molecule has 0 atom stereocenters. The Bertz CT molecular complexity index is 694. The summed E-state index contributed by atoms with van der Waals surface area (Å²) < 4.78 is 0. The lowest BCUT2D eigenvalue weighted by atomic mass is 10.1. The van der Waals surface area contributed by atoms with Crippen LogP contribution in [0.15, 0.2) is 48.5 Å². The molecule has 0 aliphatic carbocycles. The molecule has 2 aromatic carbocycles. The van der Waals surface area contributed by atoms with Crippen molar-refractivity contribution in [1.29, 1.82) is 0 Å². The summed E-state index contributed by atoms with van der Waals surface area (Å²) in [4.78, 5) is 26.2. The zero-order chi connectivity index (χ0) is 16.8. The predicted molar refractivity (Wildman–Crippen MR) is 93.1 cm³/mol. The molecule has 120 valence electrons. The normalized spacial score (nSPS) is 10.2. The van der Waals surface area contributed by atoms with Crippen molar-refractivity contribution in [1.82, 2.24) is 4.90 Å². The number of carbonyl (C=O) groups is 2. The molecule has 4 nitrogen and oxygen atoms in total. The van der Waals surface area contributed by atoms with Gasteiger partial charge in [-0.1, -0.05) is 23.7 Å². The molecule has 0 unspecified atom stereocenters. The van der Waals surface area contributed by atoms with E-state index in [9.17, 15) is 9.59 Å². The van der Waals surface area contributed by atoms with Crippen LogP contribution in [0.3, 0.4) is 0 Å². The first-order chi connectivity index (χ1) is 11.1. The third-order valence-electron chi connectivity index (χ3n) is 3.56. The minimum atomic E-state index is -0.279. The van der Waals surface area contributed by atoms with Crippen LogP contribution in [0.1, 0.15) is 34.6 Å². The molecule has 0 bridgehead atoms. The summed E-state index contributed by atoms with van der Waals surface area (Å²) in [6.07, 6.45) is 0. The molecule has 2 aromatic rings. The average molecular weight is 331 g/mol. The van der Waals surface area contributed by atoms with Gasteiger partial charge in [0.1, 0.15) is 0 Å². The topological polar surface area (TPSA) is 49.4 Å². The van der Waals surface area contributed by atoms with E-state index < -0.39 is 0 Å². The molecule has 0 saturated heterocycles. The maximum atomic E-state index is 12.2. The summed E-state index contributed by atoms with van der Waals surface area (Å²) in [6, 6.07) is 13.7. The first-order valence-corrected chi connectivity index (χ1v) is 7.89. The van der Waals surface area contributed by atoms with Gasteiger partial charge in [0.25, 0.3) is 11.8 Å². The van der Waals surface area contributed by atoms with Crippen LogP contribution in [0.5, 0.6) is 0 Å². The summed E-state index contributed by atoms with van der Waals surface area (Å²) >= 11 is 6.01. The van der Waals surface area contributed by atoms with Crippen LogP contribution in [-0.2, 0) is 0 Å². The maximum absolute atomic E-state index is 12.2. The number of anilines is 1. The van der Waals surface area contributed by atoms with Gasteiger partial charge in [-0.15, -0.1) is 0 Å². The van der Waals surface area contributed by atoms with Crippen LogP contribution in [-0.4, -0.2) is 29.8 Å². The van der Waals surface area contributed by atoms with Gasteiger partial charge in [0.15, 0.2) is 0 Å². The third-order valence-corrected chi connectivity index (χ3v) is 3.89. The average Bonchev–Trinajstić information content (AvgIpc) is 2.57. The van der Waals surface area contributed by atoms with Crippen LogP contribution >= 0.6 is 11.6 Å². The van der Waals surface area contributed by atoms with E-state index >= 15 is 0 Å². The second-order valence-corrected chi connectivity index (χ2v) is 5.40. The predicted octanol–water partition coefficient (Wildman–Crippen LogP) is 4.07. The highest BCUT2D eigenvalue weighted by Gasteiger charge is 2.13. The fraction of sp³-hybridized carbons (Fsp3) is 0.222. The van der Waals surface area contributed by atoms with Gasteiger partial charge >= 0.3 is 0 Å². The zero-order valence-electron chi connectivity index (χ0n) is 13.2. The first kappa shape index (κ1) is 17.0. The van der Waals surface area contributed by atoms with Gasteiger partial charge in [0.2, 0.25) is 0 Å². The molecule has 2 amide bonds. The summed E-state index contributed by atoms with van der Waals surface area (Å²) in [5.74, 6) is -0.294. The van der Waals surface area contributed by atoms with Gasteiger partial charge in [0.05, 0.1) is 10.6 Å². The quantitative estimate of drug-likeness (QED) is 0.898. The molecule has 2 rings (SSSR count). The molecule has 0 heterocycles. The first-order valence-electron chi connectivity index (χ1n) is 7.52. The van der Waals surface area contributed by atoms with Crippen molar-refractivity contribution in [2.45, 2.75) is 13.8 Å². The molecule has 5 heteroatoms. The fourth-order valence-electron chi connectivity index (χ4n) is 2.23. The highest BCUT2D eigenvalue weighted by atomic mass is 35.5. The lowest BCUT2D eigenvalue weighted by molar-refractivity contribution is 0.0773. The molecule has 0 radical (unpaired) electrons. The lowest BCUT2D eigenvalue weighted by Crippen LogP contribution is -2.30. The van der Waals surface area contributed by atoms with Crippen molar-refractivity contribution in [3.8, 4) is 0 Å². The van der Waals surface area contributed by atoms with Crippen molar-refractivity contribution in [3.63, 3.8) is 0 Å². The maximum Gasteiger partial charge on any atom is 0.257 e. The van der Waals surface area contributed by atoms with Gasteiger partial charge in [0, 0.05) is 24.3 Å². The minimum absolute atomic E-state index is 0.0148. The molecule has 0 fully saturated rings. The van der Waals surface area contributed by atoms with Gasteiger partial charge < -0.3 is 10.2 Å². The summed E-state index contributed by atoms with van der Waals surface area (Å²) in [5, 5.41) is 3.18. The lowest BCUT2D eigenvalue weighted by Gasteiger charge is -2.18. The van der Waals surface area contributed by atoms with Crippen molar-refractivity contribution < 1.29 is 9.59 Å². The second kappa shape index (κ2) is 7.79. The zero-order valence-corrected chi connectivity index (χ0v) is 13.9. The summed E-state index contributed by atoms with van der Waals surface area (Å²) in [7, 11) is 0. The van der Waals surface area contributed by atoms with Crippen LogP contribution < -0.4 is 5.32 Å². The number of hydrogen-bond acceptors (Lipinski definition) is 2. The highest BCUT2D eigenvalue weighted by Crippen LogP contribution is 2.18. The number of hydrogen-bond donors (Lipinski definition) is 1. The third kappa shape index (κ3) is 4.11. The standard InChI is InChI=1S/C18H19ClN2O2/c1-3-21(4-2)18(23)13-9-11-14(12-10-13)20-17(22)15-7-5-6-8-16(15)19/h5-12H,3-4H2,1-2H3,(H,20,22). The van der Waals surface area contributed by atoms with E-state index in [1.54, 1.807) is 53.4 Å². The van der Waals surface area contributed by atoms with Gasteiger partial charge in [-0.3, -0.25) is 9.59 Å². The van der Waals surface area contributed by atoms with Crippen LogP contribution in [0.4, 0.5) is 5.69 Å². The van der Waals surface area contributed by atoms with E-state index in [2.05, 4.69) is 5.32 Å².